The highest BCUT2D eigenvalue weighted by atomic mass is 19.1. The molecule has 0 saturated carbocycles. The zero-order chi connectivity index (χ0) is 15.1. The summed E-state index contributed by atoms with van der Waals surface area (Å²) in [6.07, 6.45) is 0. The molecule has 0 bridgehead atoms. The van der Waals surface area contributed by atoms with Gasteiger partial charge in [-0.1, -0.05) is 42.5 Å². The van der Waals surface area contributed by atoms with E-state index in [1.807, 2.05) is 43.4 Å². The lowest BCUT2D eigenvalue weighted by Gasteiger charge is -2.14. The molecule has 0 spiro atoms. The molecule has 21 heavy (non-hydrogen) atoms. The van der Waals surface area contributed by atoms with Gasteiger partial charge in [0.15, 0.2) is 6.54 Å². The van der Waals surface area contributed by atoms with Crippen molar-refractivity contribution in [1.82, 2.24) is 5.32 Å². The Morgan fingerprint density at radius 1 is 1.10 bits per heavy atom. The van der Waals surface area contributed by atoms with Gasteiger partial charge in [-0.05, 0) is 17.7 Å². The van der Waals surface area contributed by atoms with Crippen LogP contribution in [0.25, 0.3) is 0 Å². The molecule has 3 nitrogen and oxygen atoms in total. The van der Waals surface area contributed by atoms with Crippen LogP contribution in [-0.4, -0.2) is 19.5 Å². The highest BCUT2D eigenvalue weighted by Gasteiger charge is 2.10. The molecule has 0 aromatic heterocycles. The van der Waals surface area contributed by atoms with Crippen LogP contribution in [0.4, 0.5) is 4.39 Å². The summed E-state index contributed by atoms with van der Waals surface area (Å²) in [4.78, 5) is 12.9. The zero-order valence-electron chi connectivity index (χ0n) is 12.1. The number of carbonyl (C=O) groups is 1. The predicted molar refractivity (Wildman–Crippen MR) is 80.1 cm³/mol. The molecule has 110 valence electrons. The fraction of sp³-hybridized carbons (Fsp3) is 0.235. The summed E-state index contributed by atoms with van der Waals surface area (Å²) in [5, 5.41) is 2.89. The molecule has 0 aliphatic rings. The quantitative estimate of drug-likeness (QED) is 0.821. The van der Waals surface area contributed by atoms with Gasteiger partial charge in [0.2, 0.25) is 0 Å². The topological polar surface area (TPSA) is 33.5 Å². The smallest absolute Gasteiger partial charge is 0.275 e. The van der Waals surface area contributed by atoms with Crippen molar-refractivity contribution in [2.75, 3.05) is 13.6 Å². The molecule has 0 aliphatic carbocycles. The van der Waals surface area contributed by atoms with Crippen LogP contribution < -0.4 is 10.2 Å². The van der Waals surface area contributed by atoms with Crippen molar-refractivity contribution in [1.29, 1.82) is 0 Å². The van der Waals surface area contributed by atoms with Crippen LogP contribution in [0.2, 0.25) is 0 Å². The second kappa shape index (κ2) is 7.55. The first-order valence-electron chi connectivity index (χ1n) is 7.00. The van der Waals surface area contributed by atoms with E-state index in [0.29, 0.717) is 19.6 Å². The second-order valence-corrected chi connectivity index (χ2v) is 5.20. The van der Waals surface area contributed by atoms with Crippen molar-refractivity contribution in [3.05, 3.63) is 71.5 Å². The SMILES string of the molecule is C[NH+](CC(=O)NCc1ccccc1)Cc1cccc(F)c1. The van der Waals surface area contributed by atoms with Gasteiger partial charge in [0.25, 0.3) is 5.91 Å². The van der Waals surface area contributed by atoms with E-state index in [9.17, 15) is 9.18 Å². The first-order chi connectivity index (χ1) is 10.1. The normalized spacial score (nSPS) is 11.9. The van der Waals surface area contributed by atoms with Crippen LogP contribution in [0.3, 0.4) is 0 Å². The Labute approximate surface area is 124 Å². The lowest BCUT2D eigenvalue weighted by atomic mass is 10.2. The molecule has 2 aromatic rings. The van der Waals surface area contributed by atoms with Gasteiger partial charge in [0.1, 0.15) is 12.4 Å². The molecule has 0 heterocycles. The molecule has 0 aliphatic heterocycles. The molecule has 1 atom stereocenters. The number of amides is 1. The average Bonchev–Trinajstić information content (AvgIpc) is 2.46. The number of hydrogen-bond acceptors (Lipinski definition) is 1. The van der Waals surface area contributed by atoms with Crippen molar-refractivity contribution >= 4 is 5.91 Å². The van der Waals surface area contributed by atoms with Crippen molar-refractivity contribution in [2.45, 2.75) is 13.1 Å². The number of rotatable bonds is 6. The maximum atomic E-state index is 13.1. The van der Waals surface area contributed by atoms with Crippen LogP contribution in [0.5, 0.6) is 0 Å². The molecule has 2 N–H and O–H groups in total. The van der Waals surface area contributed by atoms with Crippen molar-refractivity contribution < 1.29 is 14.1 Å². The Bertz CT molecular complexity index is 586. The lowest BCUT2D eigenvalue weighted by molar-refractivity contribution is -0.885. The van der Waals surface area contributed by atoms with Gasteiger partial charge in [-0.25, -0.2) is 4.39 Å². The van der Waals surface area contributed by atoms with Crippen LogP contribution in [0.15, 0.2) is 54.6 Å². The minimum absolute atomic E-state index is 0.00671. The molecule has 2 rings (SSSR count). The van der Waals surface area contributed by atoms with E-state index in [-0.39, 0.29) is 11.7 Å². The molecule has 1 unspecified atom stereocenters. The third kappa shape index (κ3) is 5.36. The predicted octanol–water partition coefficient (Wildman–Crippen LogP) is 1.16. The highest BCUT2D eigenvalue weighted by molar-refractivity contribution is 5.76. The summed E-state index contributed by atoms with van der Waals surface area (Å²) in [6, 6.07) is 16.3. The fourth-order valence-corrected chi connectivity index (χ4v) is 2.19. The van der Waals surface area contributed by atoms with Gasteiger partial charge in [-0.2, -0.15) is 0 Å². The third-order valence-electron chi connectivity index (χ3n) is 3.19. The van der Waals surface area contributed by atoms with E-state index < -0.39 is 0 Å². The molecular formula is C17H20FN2O+. The van der Waals surface area contributed by atoms with Gasteiger partial charge in [0, 0.05) is 12.1 Å². The van der Waals surface area contributed by atoms with E-state index in [0.717, 1.165) is 16.0 Å². The minimum atomic E-state index is -0.242. The van der Waals surface area contributed by atoms with E-state index >= 15 is 0 Å². The summed E-state index contributed by atoms with van der Waals surface area (Å²) >= 11 is 0. The number of hydrogen-bond donors (Lipinski definition) is 2. The number of halogens is 1. The van der Waals surface area contributed by atoms with Gasteiger partial charge in [-0.15, -0.1) is 0 Å². The third-order valence-corrected chi connectivity index (χ3v) is 3.19. The first kappa shape index (κ1) is 15.2. The largest absolute Gasteiger partial charge is 0.347 e. The van der Waals surface area contributed by atoms with Crippen molar-refractivity contribution in [3.8, 4) is 0 Å². The van der Waals surface area contributed by atoms with Crippen molar-refractivity contribution in [2.24, 2.45) is 0 Å². The van der Waals surface area contributed by atoms with E-state index in [2.05, 4.69) is 5.32 Å². The molecule has 0 fully saturated rings. The number of quaternary nitrogens is 1. The number of benzene rings is 2. The Morgan fingerprint density at radius 3 is 2.52 bits per heavy atom. The standard InChI is InChI=1S/C17H19FN2O/c1-20(12-15-8-5-9-16(18)10-15)13-17(21)19-11-14-6-3-2-4-7-14/h2-10H,11-13H2,1H3,(H,19,21)/p+1. The minimum Gasteiger partial charge on any atom is -0.347 e. The van der Waals surface area contributed by atoms with E-state index in [1.54, 1.807) is 6.07 Å². The Kier molecular flexibility index (Phi) is 5.46. The van der Waals surface area contributed by atoms with Crippen LogP contribution in [-0.2, 0) is 17.9 Å². The highest BCUT2D eigenvalue weighted by Crippen LogP contribution is 2.01. The van der Waals surface area contributed by atoms with Gasteiger partial charge in [0.05, 0.1) is 7.05 Å². The molecule has 2 aromatic carbocycles. The molecule has 1 amide bonds. The first-order valence-corrected chi connectivity index (χ1v) is 7.00. The molecule has 0 saturated heterocycles. The van der Waals surface area contributed by atoms with Gasteiger partial charge >= 0.3 is 0 Å². The number of nitrogens with one attached hydrogen (secondary N) is 2. The zero-order valence-corrected chi connectivity index (χ0v) is 12.1. The summed E-state index contributed by atoms with van der Waals surface area (Å²) in [5.41, 5.74) is 1.97. The maximum absolute atomic E-state index is 13.1. The summed E-state index contributed by atoms with van der Waals surface area (Å²) in [6.45, 7) is 1.52. The van der Waals surface area contributed by atoms with E-state index in [4.69, 9.17) is 0 Å². The maximum Gasteiger partial charge on any atom is 0.275 e. The number of carbonyl (C=O) groups excluding carboxylic acids is 1. The lowest BCUT2D eigenvalue weighted by Crippen LogP contribution is -3.08. The van der Waals surface area contributed by atoms with Gasteiger partial charge in [-0.3, -0.25) is 4.79 Å². The molecular weight excluding hydrogens is 267 g/mol. The fourth-order valence-electron chi connectivity index (χ4n) is 2.19. The van der Waals surface area contributed by atoms with E-state index in [1.165, 1.54) is 12.1 Å². The Balaban J connectivity index is 1.77. The monoisotopic (exact) mass is 287 g/mol. The van der Waals surface area contributed by atoms with Crippen LogP contribution in [0.1, 0.15) is 11.1 Å². The number of likely N-dealkylation sites (N-methyl/N-ethyl adjacent to an activating group) is 1. The van der Waals surface area contributed by atoms with Crippen molar-refractivity contribution in [3.63, 3.8) is 0 Å². The molecule has 4 heteroatoms. The summed E-state index contributed by atoms with van der Waals surface area (Å²) in [5.74, 6) is -0.249. The molecule has 0 radical (unpaired) electrons. The Hall–Kier alpha value is -2.20. The van der Waals surface area contributed by atoms with Crippen LogP contribution in [0, 0.1) is 5.82 Å². The van der Waals surface area contributed by atoms with Crippen LogP contribution >= 0.6 is 0 Å². The summed E-state index contributed by atoms with van der Waals surface area (Å²) < 4.78 is 13.1. The Morgan fingerprint density at radius 2 is 1.81 bits per heavy atom. The average molecular weight is 287 g/mol. The van der Waals surface area contributed by atoms with Gasteiger partial charge < -0.3 is 10.2 Å². The summed E-state index contributed by atoms with van der Waals surface area (Å²) in [7, 11) is 1.92. The second-order valence-electron chi connectivity index (χ2n) is 5.20.